The zero-order valence-corrected chi connectivity index (χ0v) is 41.6. The molecule has 0 saturated carbocycles. The number of fused-ring (bicyclic) bond motifs is 10. The Kier molecular flexibility index (Phi) is 8.99. The number of nitrogens with zero attached hydrogens (tertiary/aromatic N) is 5. The van der Waals surface area contributed by atoms with E-state index < -0.39 is 0 Å². The van der Waals surface area contributed by atoms with Crippen LogP contribution in [0.15, 0.2) is 224 Å². The fourth-order valence-corrected chi connectivity index (χ4v) is 12.5. The summed E-state index contributed by atoms with van der Waals surface area (Å²) in [5.74, 6) is 1.87. The highest BCUT2D eigenvalue weighted by atomic mass is 15.0. The van der Waals surface area contributed by atoms with E-state index in [0.29, 0.717) is 17.5 Å². The minimum Gasteiger partial charge on any atom is -0.309 e. The first-order valence-corrected chi connectivity index (χ1v) is 25.7. The zero-order chi connectivity index (χ0) is 49.5. The summed E-state index contributed by atoms with van der Waals surface area (Å²) >= 11 is 0. The molecule has 5 heterocycles. The number of rotatable bonds is 6. The van der Waals surface area contributed by atoms with Gasteiger partial charge in [0, 0.05) is 49.1 Å². The molecule has 0 radical (unpaired) electrons. The third kappa shape index (κ3) is 6.20. The van der Waals surface area contributed by atoms with Gasteiger partial charge in [-0.25, -0.2) is 15.0 Å². The highest BCUT2D eigenvalue weighted by molar-refractivity contribution is 6.14. The molecule has 10 aromatic carbocycles. The Labute approximate surface area is 429 Å². The molecular formula is C69H49N5. The van der Waals surface area contributed by atoms with Crippen molar-refractivity contribution in [1.29, 1.82) is 0 Å². The van der Waals surface area contributed by atoms with Gasteiger partial charge < -0.3 is 9.13 Å². The maximum Gasteiger partial charge on any atom is 0.164 e. The molecule has 2 aliphatic heterocycles. The Hall–Kier alpha value is -9.19. The van der Waals surface area contributed by atoms with Crippen molar-refractivity contribution in [2.24, 2.45) is 0 Å². The van der Waals surface area contributed by atoms with Crippen LogP contribution in [0.1, 0.15) is 49.9 Å². The van der Waals surface area contributed by atoms with Gasteiger partial charge in [-0.05, 0) is 116 Å². The van der Waals surface area contributed by atoms with E-state index in [9.17, 15) is 0 Å². The van der Waals surface area contributed by atoms with Crippen LogP contribution in [0.25, 0.3) is 123 Å². The van der Waals surface area contributed by atoms with E-state index >= 15 is 0 Å². The summed E-state index contributed by atoms with van der Waals surface area (Å²) in [4.78, 5) is 16.0. The summed E-state index contributed by atoms with van der Waals surface area (Å²) < 4.78 is 4.95. The van der Waals surface area contributed by atoms with E-state index in [0.717, 1.165) is 44.5 Å². The second kappa shape index (κ2) is 15.7. The van der Waals surface area contributed by atoms with Crippen molar-refractivity contribution in [3.8, 4) is 78.9 Å². The molecule has 0 N–H and O–H groups in total. The summed E-state index contributed by atoms with van der Waals surface area (Å²) in [5.41, 5.74) is 22.0. The average molecular weight is 948 g/mol. The van der Waals surface area contributed by atoms with Gasteiger partial charge in [0.1, 0.15) is 0 Å². The molecule has 0 bridgehead atoms. The molecule has 2 aliphatic rings. The molecular weight excluding hydrogens is 899 g/mol. The SMILES string of the molecule is CC1(C)c2ccccc2-n2c3ccccc3c3cc(-c4cccc(-c5nc(-c6ccc(-c7ccccc7)cc6)nc(-c6cccc(-c7cc8c9c(c7)c7ccccc7n9-c7ccccc7C8(C)C)c6)n5)c4)cc1c32. The van der Waals surface area contributed by atoms with E-state index in [-0.39, 0.29) is 10.8 Å². The smallest absolute Gasteiger partial charge is 0.164 e. The Bertz CT molecular complexity index is 4230. The molecule has 350 valence electrons. The average Bonchev–Trinajstić information content (AvgIpc) is 3.98. The van der Waals surface area contributed by atoms with Crippen LogP contribution >= 0.6 is 0 Å². The van der Waals surface area contributed by atoms with Gasteiger partial charge in [-0.2, -0.15) is 0 Å². The molecule has 0 amide bonds. The van der Waals surface area contributed by atoms with Crippen molar-refractivity contribution >= 4 is 43.6 Å². The molecule has 5 heteroatoms. The summed E-state index contributed by atoms with van der Waals surface area (Å²) in [6.07, 6.45) is 0. The van der Waals surface area contributed by atoms with Crippen LogP contribution in [-0.4, -0.2) is 24.1 Å². The maximum absolute atomic E-state index is 5.38. The lowest BCUT2D eigenvalue weighted by atomic mass is 9.74. The molecule has 0 aliphatic carbocycles. The van der Waals surface area contributed by atoms with Crippen LogP contribution in [0.2, 0.25) is 0 Å². The Morgan fingerprint density at radius 3 is 1.15 bits per heavy atom. The molecule has 5 nitrogen and oxygen atoms in total. The molecule has 0 atom stereocenters. The van der Waals surface area contributed by atoms with Crippen molar-refractivity contribution in [3.05, 3.63) is 247 Å². The number of hydrogen-bond acceptors (Lipinski definition) is 3. The van der Waals surface area contributed by atoms with Crippen LogP contribution in [0, 0.1) is 0 Å². The molecule has 74 heavy (non-hydrogen) atoms. The lowest BCUT2D eigenvalue weighted by molar-refractivity contribution is 0.630. The maximum atomic E-state index is 5.38. The minimum atomic E-state index is -0.223. The molecule has 0 saturated heterocycles. The first-order chi connectivity index (χ1) is 36.2. The molecule has 15 rings (SSSR count). The number of hydrogen-bond donors (Lipinski definition) is 0. The van der Waals surface area contributed by atoms with Gasteiger partial charge >= 0.3 is 0 Å². The predicted octanol–water partition coefficient (Wildman–Crippen LogP) is 17.3. The van der Waals surface area contributed by atoms with E-state index in [1.54, 1.807) is 0 Å². The van der Waals surface area contributed by atoms with Crippen molar-refractivity contribution in [1.82, 2.24) is 24.1 Å². The standard InChI is InChI=1S/C69H49N5/c1-68(2)55-26-10-14-30-61(55)73-59-28-12-8-24-51(59)53-38-49(40-57(68)63(53)73)45-20-16-22-47(36-45)66-70-65(44-34-32-43(33-35-44)42-18-6-5-7-19-42)71-67(72-66)48-23-17-21-46(37-48)50-39-54-52-25-9-13-29-60(52)74-62-31-15-11-27-56(62)69(3,4)58(41-50)64(54)74/h5-41H,1-4H3. The van der Waals surface area contributed by atoms with Crippen LogP contribution in [-0.2, 0) is 10.8 Å². The van der Waals surface area contributed by atoms with Gasteiger partial charge in [0.05, 0.1) is 33.4 Å². The first-order valence-electron chi connectivity index (χ1n) is 25.7. The Balaban J connectivity index is 0.891. The third-order valence-electron chi connectivity index (χ3n) is 16.3. The first kappa shape index (κ1) is 42.5. The van der Waals surface area contributed by atoms with Crippen LogP contribution in [0.3, 0.4) is 0 Å². The van der Waals surface area contributed by atoms with Gasteiger partial charge in [0.2, 0.25) is 0 Å². The summed E-state index contributed by atoms with van der Waals surface area (Å²) in [6.45, 7) is 9.46. The molecule has 0 fully saturated rings. The third-order valence-corrected chi connectivity index (χ3v) is 16.3. The largest absolute Gasteiger partial charge is 0.309 e. The monoisotopic (exact) mass is 947 g/mol. The molecule has 3 aromatic heterocycles. The summed E-state index contributed by atoms with van der Waals surface area (Å²) in [6, 6.07) is 81.6. The van der Waals surface area contributed by atoms with E-state index in [2.05, 4.69) is 261 Å². The van der Waals surface area contributed by atoms with Crippen molar-refractivity contribution in [3.63, 3.8) is 0 Å². The fourth-order valence-electron chi connectivity index (χ4n) is 12.5. The van der Waals surface area contributed by atoms with Gasteiger partial charge in [0.15, 0.2) is 17.5 Å². The Morgan fingerprint density at radius 2 is 0.649 bits per heavy atom. The van der Waals surface area contributed by atoms with Crippen LogP contribution in [0.4, 0.5) is 0 Å². The number of aromatic nitrogens is 5. The Morgan fingerprint density at radius 1 is 0.270 bits per heavy atom. The summed E-state index contributed by atoms with van der Waals surface area (Å²) in [5, 5.41) is 5.02. The van der Waals surface area contributed by atoms with Gasteiger partial charge in [-0.1, -0.05) is 191 Å². The van der Waals surface area contributed by atoms with Gasteiger partial charge in [0.25, 0.3) is 0 Å². The van der Waals surface area contributed by atoms with Crippen LogP contribution in [0.5, 0.6) is 0 Å². The number of para-hydroxylation sites is 4. The molecule has 0 unspecified atom stereocenters. The second-order valence-corrected chi connectivity index (χ2v) is 21.2. The quantitative estimate of drug-likeness (QED) is 0.167. The predicted molar refractivity (Wildman–Crippen MR) is 305 cm³/mol. The normalized spacial score (nSPS) is 13.9. The minimum absolute atomic E-state index is 0.223. The fraction of sp³-hybridized carbons (Fsp3) is 0.0870. The molecule has 13 aromatic rings. The van der Waals surface area contributed by atoms with Crippen molar-refractivity contribution in [2.45, 2.75) is 38.5 Å². The highest BCUT2D eigenvalue weighted by Gasteiger charge is 2.37. The van der Waals surface area contributed by atoms with E-state index in [4.69, 9.17) is 15.0 Å². The lowest BCUT2D eigenvalue weighted by Crippen LogP contribution is -2.26. The second-order valence-electron chi connectivity index (χ2n) is 21.2. The molecule has 0 spiro atoms. The van der Waals surface area contributed by atoms with Crippen molar-refractivity contribution < 1.29 is 0 Å². The zero-order valence-electron chi connectivity index (χ0n) is 41.6. The van der Waals surface area contributed by atoms with Gasteiger partial charge in [-0.15, -0.1) is 0 Å². The summed E-state index contributed by atoms with van der Waals surface area (Å²) in [7, 11) is 0. The van der Waals surface area contributed by atoms with Gasteiger partial charge in [-0.3, -0.25) is 0 Å². The topological polar surface area (TPSA) is 48.5 Å². The highest BCUT2D eigenvalue weighted by Crippen LogP contribution is 2.51. The van der Waals surface area contributed by atoms with E-state index in [1.165, 1.54) is 82.8 Å². The van der Waals surface area contributed by atoms with E-state index in [1.807, 2.05) is 0 Å². The number of benzene rings is 10. The van der Waals surface area contributed by atoms with Crippen LogP contribution < -0.4 is 0 Å². The van der Waals surface area contributed by atoms with Crippen molar-refractivity contribution in [2.75, 3.05) is 0 Å². The lowest BCUT2D eigenvalue weighted by Gasteiger charge is -2.35.